The summed E-state index contributed by atoms with van der Waals surface area (Å²) in [5.74, 6) is 0. The van der Waals surface area contributed by atoms with E-state index in [0.29, 0.717) is 12.5 Å². The van der Waals surface area contributed by atoms with E-state index in [0.717, 1.165) is 19.5 Å². The third kappa shape index (κ3) is 1.23. The molecule has 1 N–H and O–H groups in total. The molecule has 0 aromatic heterocycles. The molecule has 2 fully saturated rings. The normalized spacial score (nSPS) is 37.1. The van der Waals surface area contributed by atoms with Crippen LogP contribution in [-0.2, 0) is 9.53 Å². The Morgan fingerprint density at radius 2 is 2.55 bits per heavy atom. The lowest BCUT2D eigenvalue weighted by Crippen LogP contribution is -2.33. The highest BCUT2D eigenvalue weighted by molar-refractivity contribution is 5.37. The highest BCUT2D eigenvalue weighted by Crippen LogP contribution is 2.23. The SMILES string of the molecule is O=COC1CC2CCNN2C1. The average molecular weight is 156 g/mol. The molecule has 2 rings (SSSR count). The van der Waals surface area contributed by atoms with Gasteiger partial charge in [-0.2, -0.15) is 0 Å². The van der Waals surface area contributed by atoms with Crippen molar-refractivity contribution in [3.8, 4) is 0 Å². The average Bonchev–Trinajstić information content (AvgIpc) is 2.46. The summed E-state index contributed by atoms with van der Waals surface area (Å²) in [6.07, 6.45) is 2.29. The molecule has 0 aliphatic carbocycles. The number of hydrogen-bond donors (Lipinski definition) is 1. The Morgan fingerprint density at radius 3 is 3.27 bits per heavy atom. The summed E-state index contributed by atoms with van der Waals surface area (Å²) in [5.41, 5.74) is 3.24. The van der Waals surface area contributed by atoms with Crippen molar-refractivity contribution in [3.05, 3.63) is 0 Å². The van der Waals surface area contributed by atoms with E-state index in [1.54, 1.807) is 0 Å². The van der Waals surface area contributed by atoms with Gasteiger partial charge in [0, 0.05) is 19.0 Å². The van der Waals surface area contributed by atoms with Crippen molar-refractivity contribution in [3.63, 3.8) is 0 Å². The van der Waals surface area contributed by atoms with Crippen molar-refractivity contribution in [1.82, 2.24) is 10.4 Å². The third-order valence-corrected chi connectivity index (χ3v) is 2.42. The van der Waals surface area contributed by atoms with Crippen LogP contribution in [0, 0.1) is 0 Å². The van der Waals surface area contributed by atoms with Crippen LogP contribution in [-0.4, -0.2) is 36.7 Å². The summed E-state index contributed by atoms with van der Waals surface area (Å²) in [6.45, 7) is 2.47. The third-order valence-electron chi connectivity index (χ3n) is 2.42. The molecule has 11 heavy (non-hydrogen) atoms. The number of nitrogens with zero attached hydrogens (tertiary/aromatic N) is 1. The first-order valence-electron chi connectivity index (χ1n) is 3.99. The zero-order chi connectivity index (χ0) is 7.68. The molecule has 0 saturated carbocycles. The maximum Gasteiger partial charge on any atom is 0.293 e. The van der Waals surface area contributed by atoms with E-state index in [1.165, 1.54) is 6.42 Å². The molecule has 4 heteroatoms. The second kappa shape index (κ2) is 2.79. The summed E-state index contributed by atoms with van der Waals surface area (Å²) in [4.78, 5) is 10.0. The topological polar surface area (TPSA) is 41.6 Å². The second-order valence-corrected chi connectivity index (χ2v) is 3.09. The first-order chi connectivity index (χ1) is 5.40. The zero-order valence-electron chi connectivity index (χ0n) is 6.32. The van der Waals surface area contributed by atoms with Crippen molar-refractivity contribution in [2.45, 2.75) is 25.0 Å². The van der Waals surface area contributed by atoms with Crippen LogP contribution in [0.15, 0.2) is 0 Å². The molecule has 2 unspecified atom stereocenters. The molecule has 62 valence electrons. The first-order valence-corrected chi connectivity index (χ1v) is 3.99. The molecule has 2 saturated heterocycles. The maximum atomic E-state index is 10.0. The first kappa shape index (κ1) is 7.06. The molecule has 2 heterocycles. The summed E-state index contributed by atoms with van der Waals surface area (Å²) in [5, 5.41) is 2.17. The predicted octanol–water partition coefficient (Wildman–Crippen LogP) is -0.489. The van der Waals surface area contributed by atoms with Crippen LogP contribution in [0.2, 0.25) is 0 Å². The van der Waals surface area contributed by atoms with E-state index in [1.807, 2.05) is 0 Å². The number of hydrogen-bond acceptors (Lipinski definition) is 4. The quantitative estimate of drug-likeness (QED) is 0.548. The molecule has 4 nitrogen and oxygen atoms in total. The Balaban J connectivity index is 1.89. The van der Waals surface area contributed by atoms with Gasteiger partial charge in [-0.25, -0.2) is 5.01 Å². The lowest BCUT2D eigenvalue weighted by molar-refractivity contribution is -0.133. The molecule has 0 bridgehead atoms. The number of ether oxygens (including phenoxy) is 1. The Morgan fingerprint density at radius 1 is 1.64 bits per heavy atom. The lowest BCUT2D eigenvalue weighted by atomic mass is 10.1. The Hall–Kier alpha value is -0.610. The van der Waals surface area contributed by atoms with Crippen LogP contribution >= 0.6 is 0 Å². The monoisotopic (exact) mass is 156 g/mol. The summed E-state index contributed by atoms with van der Waals surface area (Å²) in [7, 11) is 0. The minimum Gasteiger partial charge on any atom is -0.463 e. The van der Waals surface area contributed by atoms with Crippen LogP contribution < -0.4 is 5.43 Å². The second-order valence-electron chi connectivity index (χ2n) is 3.09. The molecule has 2 atom stereocenters. The minimum atomic E-state index is 0.116. The Labute approximate surface area is 65.5 Å². The highest BCUT2D eigenvalue weighted by Gasteiger charge is 2.35. The van der Waals surface area contributed by atoms with Crippen molar-refractivity contribution < 1.29 is 9.53 Å². The van der Waals surface area contributed by atoms with Gasteiger partial charge in [-0.05, 0) is 6.42 Å². The molecule has 0 aromatic rings. The zero-order valence-corrected chi connectivity index (χ0v) is 6.32. The van der Waals surface area contributed by atoms with Gasteiger partial charge in [-0.15, -0.1) is 0 Å². The van der Waals surface area contributed by atoms with Gasteiger partial charge in [0.1, 0.15) is 6.10 Å². The Kier molecular flexibility index (Phi) is 1.79. The molecular formula is C7H12N2O2. The van der Waals surface area contributed by atoms with Crippen LogP contribution in [0.5, 0.6) is 0 Å². The lowest BCUT2D eigenvalue weighted by Gasteiger charge is -2.12. The highest BCUT2D eigenvalue weighted by atomic mass is 16.5. The van der Waals surface area contributed by atoms with Crippen molar-refractivity contribution in [2.75, 3.05) is 13.1 Å². The maximum absolute atomic E-state index is 10.0. The molecular weight excluding hydrogens is 144 g/mol. The summed E-state index contributed by atoms with van der Waals surface area (Å²) in [6, 6.07) is 0.597. The molecule has 2 aliphatic rings. The molecule has 0 amide bonds. The van der Waals surface area contributed by atoms with Gasteiger partial charge in [0.05, 0.1) is 6.54 Å². The fourth-order valence-corrected chi connectivity index (χ4v) is 1.89. The summed E-state index contributed by atoms with van der Waals surface area (Å²) < 4.78 is 4.88. The largest absolute Gasteiger partial charge is 0.463 e. The number of rotatable bonds is 2. The van der Waals surface area contributed by atoms with Gasteiger partial charge in [-0.1, -0.05) is 0 Å². The van der Waals surface area contributed by atoms with E-state index in [-0.39, 0.29) is 6.10 Å². The number of fused-ring (bicyclic) bond motifs is 1. The van der Waals surface area contributed by atoms with E-state index in [2.05, 4.69) is 10.4 Å². The smallest absolute Gasteiger partial charge is 0.293 e. The van der Waals surface area contributed by atoms with Crippen LogP contribution in [0.3, 0.4) is 0 Å². The van der Waals surface area contributed by atoms with Gasteiger partial charge < -0.3 is 4.74 Å². The number of nitrogens with one attached hydrogen (secondary N) is 1. The van der Waals surface area contributed by atoms with Crippen LogP contribution in [0.25, 0.3) is 0 Å². The van der Waals surface area contributed by atoms with Crippen molar-refractivity contribution in [1.29, 1.82) is 0 Å². The van der Waals surface area contributed by atoms with Gasteiger partial charge in [0.25, 0.3) is 6.47 Å². The molecule has 0 aromatic carbocycles. The fourth-order valence-electron chi connectivity index (χ4n) is 1.89. The van der Waals surface area contributed by atoms with Crippen LogP contribution in [0.4, 0.5) is 0 Å². The van der Waals surface area contributed by atoms with Gasteiger partial charge in [-0.3, -0.25) is 10.2 Å². The summed E-state index contributed by atoms with van der Waals surface area (Å²) >= 11 is 0. The number of hydrazine groups is 1. The molecule has 2 aliphatic heterocycles. The predicted molar refractivity (Wildman–Crippen MR) is 38.7 cm³/mol. The minimum absolute atomic E-state index is 0.116. The Bertz CT molecular complexity index is 151. The van der Waals surface area contributed by atoms with E-state index >= 15 is 0 Å². The van der Waals surface area contributed by atoms with E-state index in [9.17, 15) is 4.79 Å². The van der Waals surface area contributed by atoms with Gasteiger partial charge in [0.15, 0.2) is 0 Å². The van der Waals surface area contributed by atoms with Gasteiger partial charge >= 0.3 is 0 Å². The van der Waals surface area contributed by atoms with E-state index < -0.39 is 0 Å². The van der Waals surface area contributed by atoms with Crippen molar-refractivity contribution in [2.24, 2.45) is 0 Å². The number of carbonyl (C=O) groups is 1. The molecule has 0 radical (unpaired) electrons. The van der Waals surface area contributed by atoms with Gasteiger partial charge in [0.2, 0.25) is 0 Å². The van der Waals surface area contributed by atoms with Crippen LogP contribution in [0.1, 0.15) is 12.8 Å². The molecule has 0 spiro atoms. The standard InChI is InChI=1S/C7H12N2O2/c10-5-11-7-3-6-1-2-8-9(6)4-7/h5-8H,1-4H2. The van der Waals surface area contributed by atoms with Crippen molar-refractivity contribution >= 4 is 6.47 Å². The fraction of sp³-hybridized carbons (Fsp3) is 0.857. The number of carbonyl (C=O) groups excluding carboxylic acids is 1. The van der Waals surface area contributed by atoms with E-state index in [4.69, 9.17) is 4.74 Å².